The first kappa shape index (κ1) is 25.5. The Labute approximate surface area is 203 Å². The molecule has 1 heterocycles. The molecule has 0 saturated carbocycles. The molecule has 0 spiro atoms. The first-order valence-corrected chi connectivity index (χ1v) is 11.1. The molecule has 0 aliphatic carbocycles. The first-order chi connectivity index (χ1) is 16.8. The maximum absolute atomic E-state index is 12.6. The van der Waals surface area contributed by atoms with Gasteiger partial charge in [0.05, 0.1) is 33.6 Å². The Balaban J connectivity index is 1.67. The van der Waals surface area contributed by atoms with E-state index >= 15 is 0 Å². The van der Waals surface area contributed by atoms with E-state index in [4.69, 9.17) is 18.9 Å². The summed E-state index contributed by atoms with van der Waals surface area (Å²) >= 11 is 0. The second-order valence-corrected chi connectivity index (χ2v) is 8.13. The number of rotatable bonds is 11. The lowest BCUT2D eigenvalue weighted by molar-refractivity contribution is -0.116. The Kier molecular flexibility index (Phi) is 8.66. The van der Waals surface area contributed by atoms with Gasteiger partial charge < -0.3 is 29.2 Å². The SMILES string of the molecule is COc1ccc(NC(=O)CCc2nnc(-c3ccc(OCC(C)C)c(OC)c3)[nH]c2=O)c(OC)c1. The van der Waals surface area contributed by atoms with Crippen LogP contribution in [0.3, 0.4) is 0 Å². The number of ether oxygens (including phenoxy) is 4. The Morgan fingerprint density at radius 1 is 0.971 bits per heavy atom. The minimum Gasteiger partial charge on any atom is -0.497 e. The summed E-state index contributed by atoms with van der Waals surface area (Å²) in [5, 5.41) is 10.9. The lowest BCUT2D eigenvalue weighted by atomic mass is 10.2. The number of hydrogen-bond donors (Lipinski definition) is 2. The van der Waals surface area contributed by atoms with Gasteiger partial charge in [-0.2, -0.15) is 0 Å². The molecule has 0 aliphatic heterocycles. The largest absolute Gasteiger partial charge is 0.497 e. The van der Waals surface area contributed by atoms with Gasteiger partial charge in [0.2, 0.25) is 5.91 Å². The molecule has 35 heavy (non-hydrogen) atoms. The Bertz CT molecular complexity index is 1220. The van der Waals surface area contributed by atoms with Crippen molar-refractivity contribution in [2.45, 2.75) is 26.7 Å². The van der Waals surface area contributed by atoms with Crippen LogP contribution in [-0.4, -0.2) is 49.0 Å². The summed E-state index contributed by atoms with van der Waals surface area (Å²) in [4.78, 5) is 27.7. The highest BCUT2D eigenvalue weighted by atomic mass is 16.5. The van der Waals surface area contributed by atoms with Gasteiger partial charge in [0.25, 0.3) is 5.56 Å². The molecule has 10 heteroatoms. The van der Waals surface area contributed by atoms with Crippen LogP contribution in [0.15, 0.2) is 41.2 Å². The molecule has 1 amide bonds. The third-order valence-corrected chi connectivity index (χ3v) is 5.05. The third kappa shape index (κ3) is 6.72. The lowest BCUT2D eigenvalue weighted by Gasteiger charge is -2.13. The predicted molar refractivity (Wildman–Crippen MR) is 131 cm³/mol. The van der Waals surface area contributed by atoms with Gasteiger partial charge in [-0.15, -0.1) is 10.2 Å². The Hall–Kier alpha value is -4.08. The van der Waals surface area contributed by atoms with Gasteiger partial charge >= 0.3 is 0 Å². The van der Waals surface area contributed by atoms with Crippen LogP contribution >= 0.6 is 0 Å². The summed E-state index contributed by atoms with van der Waals surface area (Å²) in [6.45, 7) is 4.67. The smallest absolute Gasteiger partial charge is 0.273 e. The molecule has 0 atom stereocenters. The number of nitrogens with one attached hydrogen (secondary N) is 2. The number of aromatic nitrogens is 3. The number of aromatic amines is 1. The van der Waals surface area contributed by atoms with Gasteiger partial charge in [-0.05, 0) is 36.2 Å². The fourth-order valence-electron chi connectivity index (χ4n) is 3.19. The lowest BCUT2D eigenvalue weighted by Crippen LogP contribution is -2.20. The van der Waals surface area contributed by atoms with E-state index in [9.17, 15) is 9.59 Å². The molecule has 0 unspecified atom stereocenters. The number of carbonyl (C=O) groups excluding carboxylic acids is 1. The molecule has 0 bridgehead atoms. The molecule has 3 aromatic rings. The normalized spacial score (nSPS) is 10.7. The van der Waals surface area contributed by atoms with E-state index < -0.39 is 5.56 Å². The highest BCUT2D eigenvalue weighted by Crippen LogP contribution is 2.31. The number of nitrogens with zero attached hydrogens (tertiary/aromatic N) is 2. The Morgan fingerprint density at radius 3 is 2.40 bits per heavy atom. The van der Waals surface area contributed by atoms with Crippen LogP contribution in [0.5, 0.6) is 23.0 Å². The average molecular weight is 483 g/mol. The predicted octanol–water partition coefficient (Wildman–Crippen LogP) is 3.46. The number of methoxy groups -OCH3 is 3. The number of H-pyrrole nitrogens is 1. The molecule has 186 valence electrons. The molecule has 2 N–H and O–H groups in total. The zero-order valence-electron chi connectivity index (χ0n) is 20.5. The average Bonchev–Trinajstić information content (AvgIpc) is 2.86. The fraction of sp³-hybridized carbons (Fsp3) is 0.360. The van der Waals surface area contributed by atoms with Crippen molar-refractivity contribution >= 4 is 11.6 Å². The highest BCUT2D eigenvalue weighted by molar-refractivity contribution is 5.92. The van der Waals surface area contributed by atoms with E-state index in [0.717, 1.165) is 0 Å². The van der Waals surface area contributed by atoms with Gasteiger partial charge in [0.1, 0.15) is 17.2 Å². The van der Waals surface area contributed by atoms with Crippen molar-refractivity contribution in [1.29, 1.82) is 0 Å². The van der Waals surface area contributed by atoms with Crippen molar-refractivity contribution in [2.24, 2.45) is 5.92 Å². The minimum atomic E-state index is -0.413. The molecule has 0 radical (unpaired) electrons. The van der Waals surface area contributed by atoms with Gasteiger partial charge in [0.15, 0.2) is 17.3 Å². The van der Waals surface area contributed by atoms with Crippen LogP contribution in [0.25, 0.3) is 11.4 Å². The molecular formula is C25H30N4O6. The van der Waals surface area contributed by atoms with Gasteiger partial charge in [-0.25, -0.2) is 0 Å². The van der Waals surface area contributed by atoms with E-state index in [0.29, 0.717) is 52.6 Å². The zero-order valence-corrected chi connectivity index (χ0v) is 20.5. The molecule has 2 aromatic carbocycles. The van der Waals surface area contributed by atoms with E-state index in [1.165, 1.54) is 7.11 Å². The number of amides is 1. The second-order valence-electron chi connectivity index (χ2n) is 8.13. The summed E-state index contributed by atoms with van der Waals surface area (Å²) in [6, 6.07) is 10.3. The maximum Gasteiger partial charge on any atom is 0.273 e. The van der Waals surface area contributed by atoms with Crippen molar-refractivity contribution < 1.29 is 23.7 Å². The van der Waals surface area contributed by atoms with E-state index in [-0.39, 0.29) is 24.4 Å². The summed E-state index contributed by atoms with van der Waals surface area (Å²) in [7, 11) is 4.60. The van der Waals surface area contributed by atoms with Gasteiger partial charge in [0, 0.05) is 24.5 Å². The van der Waals surface area contributed by atoms with Crippen LogP contribution in [-0.2, 0) is 11.2 Å². The number of aryl methyl sites for hydroxylation is 1. The summed E-state index contributed by atoms with van der Waals surface area (Å²) in [5.74, 6) is 2.58. The number of anilines is 1. The molecule has 3 rings (SSSR count). The molecule has 0 aliphatic rings. The minimum absolute atomic E-state index is 0.0437. The van der Waals surface area contributed by atoms with E-state index in [2.05, 4.69) is 34.3 Å². The van der Waals surface area contributed by atoms with Crippen LogP contribution < -0.4 is 29.8 Å². The second kappa shape index (κ2) is 11.9. The molecule has 0 saturated heterocycles. The molecule has 0 fully saturated rings. The van der Waals surface area contributed by atoms with Crippen molar-refractivity contribution in [3.05, 3.63) is 52.4 Å². The van der Waals surface area contributed by atoms with E-state index in [1.807, 2.05) is 0 Å². The fourth-order valence-corrected chi connectivity index (χ4v) is 3.19. The summed E-state index contributed by atoms with van der Waals surface area (Å²) in [6.07, 6.45) is 0.167. The van der Waals surface area contributed by atoms with E-state index in [1.54, 1.807) is 50.6 Å². The summed E-state index contributed by atoms with van der Waals surface area (Å²) < 4.78 is 21.6. The number of hydrogen-bond acceptors (Lipinski definition) is 8. The Morgan fingerprint density at radius 2 is 1.74 bits per heavy atom. The van der Waals surface area contributed by atoms with Crippen molar-refractivity contribution in [1.82, 2.24) is 15.2 Å². The third-order valence-electron chi connectivity index (χ3n) is 5.05. The standard InChI is InChI=1S/C25H30N4O6/c1-15(2)14-35-20-10-6-16(12-22(20)34-5)24-27-25(31)19(28-29-24)9-11-23(30)26-18-8-7-17(32-3)13-21(18)33-4/h6-8,10,12-13,15H,9,11,14H2,1-5H3,(H,26,30)(H,27,29,31). The quantitative estimate of drug-likeness (QED) is 0.426. The number of carbonyl (C=O) groups is 1. The highest BCUT2D eigenvalue weighted by Gasteiger charge is 2.14. The molecule has 10 nitrogen and oxygen atoms in total. The van der Waals surface area contributed by atoms with Gasteiger partial charge in [-0.1, -0.05) is 13.8 Å². The topological polar surface area (TPSA) is 125 Å². The van der Waals surface area contributed by atoms with Crippen LogP contribution in [0.1, 0.15) is 26.0 Å². The van der Waals surface area contributed by atoms with Crippen LogP contribution in [0.4, 0.5) is 5.69 Å². The van der Waals surface area contributed by atoms with Gasteiger partial charge in [-0.3, -0.25) is 9.59 Å². The van der Waals surface area contributed by atoms with Crippen molar-refractivity contribution in [3.8, 4) is 34.4 Å². The van der Waals surface area contributed by atoms with Crippen LogP contribution in [0.2, 0.25) is 0 Å². The number of benzene rings is 2. The monoisotopic (exact) mass is 482 g/mol. The van der Waals surface area contributed by atoms with Crippen molar-refractivity contribution in [2.75, 3.05) is 33.3 Å². The molecular weight excluding hydrogens is 452 g/mol. The first-order valence-electron chi connectivity index (χ1n) is 11.1. The molecule has 1 aromatic heterocycles. The summed E-state index contributed by atoms with van der Waals surface area (Å²) in [5.41, 5.74) is 0.876. The maximum atomic E-state index is 12.6. The zero-order chi connectivity index (χ0) is 25.4. The van der Waals surface area contributed by atoms with Crippen molar-refractivity contribution in [3.63, 3.8) is 0 Å². The van der Waals surface area contributed by atoms with Crippen LogP contribution in [0, 0.1) is 5.92 Å².